The SMILES string of the molecule is CCN[C@H]1C[C@@](C)(O)[C@H]2ON=C(c3c(Cl)cccc3Cl)[C@@H]12. The van der Waals surface area contributed by atoms with Gasteiger partial charge in [-0.15, -0.1) is 0 Å². The van der Waals surface area contributed by atoms with Crippen LogP contribution in [0, 0.1) is 5.92 Å². The van der Waals surface area contributed by atoms with Gasteiger partial charge in [-0.2, -0.15) is 0 Å². The van der Waals surface area contributed by atoms with Crippen LogP contribution in [0.5, 0.6) is 0 Å². The first-order valence-electron chi connectivity index (χ1n) is 7.09. The molecule has 1 fully saturated rings. The molecular weight excluding hydrogens is 311 g/mol. The molecule has 2 N–H and O–H groups in total. The van der Waals surface area contributed by atoms with E-state index in [0.717, 1.165) is 12.3 Å². The fourth-order valence-electron chi connectivity index (χ4n) is 3.39. The van der Waals surface area contributed by atoms with E-state index in [1.807, 2.05) is 6.92 Å². The normalized spacial score (nSPS) is 34.5. The van der Waals surface area contributed by atoms with Gasteiger partial charge in [-0.25, -0.2) is 0 Å². The zero-order chi connectivity index (χ0) is 15.2. The minimum absolute atomic E-state index is 0.0580. The highest BCUT2D eigenvalue weighted by Gasteiger charge is 2.57. The third kappa shape index (κ3) is 2.44. The minimum Gasteiger partial charge on any atom is -0.388 e. The Morgan fingerprint density at radius 3 is 2.71 bits per heavy atom. The van der Waals surface area contributed by atoms with Crippen LogP contribution < -0.4 is 5.32 Å². The summed E-state index contributed by atoms with van der Waals surface area (Å²) in [5, 5.41) is 19.2. The second-order valence-electron chi connectivity index (χ2n) is 5.85. The lowest BCUT2D eigenvalue weighted by Crippen LogP contribution is -2.39. The van der Waals surface area contributed by atoms with Crippen LogP contribution in [0.2, 0.25) is 10.0 Å². The van der Waals surface area contributed by atoms with Crippen molar-refractivity contribution >= 4 is 28.9 Å². The van der Waals surface area contributed by atoms with E-state index < -0.39 is 5.60 Å². The van der Waals surface area contributed by atoms with Gasteiger partial charge < -0.3 is 15.3 Å². The monoisotopic (exact) mass is 328 g/mol. The van der Waals surface area contributed by atoms with E-state index in [2.05, 4.69) is 10.5 Å². The van der Waals surface area contributed by atoms with Crippen LogP contribution in [0.4, 0.5) is 0 Å². The number of benzene rings is 1. The number of aliphatic hydroxyl groups is 1. The first-order valence-corrected chi connectivity index (χ1v) is 7.85. The second kappa shape index (κ2) is 5.43. The quantitative estimate of drug-likeness (QED) is 0.897. The van der Waals surface area contributed by atoms with E-state index >= 15 is 0 Å². The van der Waals surface area contributed by atoms with Crippen LogP contribution in [0.1, 0.15) is 25.8 Å². The Bertz CT molecular complexity index is 569. The Labute approximate surface area is 134 Å². The summed E-state index contributed by atoms with van der Waals surface area (Å²) >= 11 is 12.6. The molecule has 21 heavy (non-hydrogen) atoms. The molecular formula is C15H18Cl2N2O2. The molecule has 1 saturated carbocycles. The third-order valence-electron chi connectivity index (χ3n) is 4.27. The van der Waals surface area contributed by atoms with Crippen LogP contribution in [-0.2, 0) is 4.84 Å². The Balaban J connectivity index is 2.02. The molecule has 0 unspecified atom stereocenters. The molecule has 1 aliphatic carbocycles. The molecule has 3 rings (SSSR count). The molecule has 0 spiro atoms. The van der Waals surface area contributed by atoms with Crippen LogP contribution in [0.15, 0.2) is 23.4 Å². The first-order chi connectivity index (χ1) is 9.95. The van der Waals surface area contributed by atoms with Gasteiger partial charge in [0.1, 0.15) is 5.60 Å². The molecule has 4 nitrogen and oxygen atoms in total. The molecule has 0 aromatic heterocycles. The Kier molecular flexibility index (Phi) is 3.91. The standard InChI is InChI=1S/C15H18Cl2N2O2/c1-3-18-10-7-15(2,20)14-12(10)13(19-21-14)11-8(16)5-4-6-9(11)17/h4-6,10,12,14,18,20H,3,7H2,1-2H3/t10-,12+,14-,15+/m0/s1. The van der Waals surface area contributed by atoms with Gasteiger partial charge in [0.25, 0.3) is 0 Å². The summed E-state index contributed by atoms with van der Waals surface area (Å²) in [5.41, 5.74) is 0.504. The fraction of sp³-hybridized carbons (Fsp3) is 0.533. The topological polar surface area (TPSA) is 53.8 Å². The van der Waals surface area contributed by atoms with Gasteiger partial charge in [0.2, 0.25) is 0 Å². The highest BCUT2D eigenvalue weighted by Crippen LogP contribution is 2.44. The van der Waals surface area contributed by atoms with E-state index in [1.165, 1.54) is 0 Å². The van der Waals surface area contributed by atoms with E-state index in [9.17, 15) is 5.11 Å². The predicted octanol–water partition coefficient (Wildman–Crippen LogP) is 2.85. The lowest BCUT2D eigenvalue weighted by atomic mass is 9.90. The number of rotatable bonds is 3. The van der Waals surface area contributed by atoms with Gasteiger partial charge in [0.05, 0.1) is 21.7 Å². The summed E-state index contributed by atoms with van der Waals surface area (Å²) < 4.78 is 0. The molecule has 2 aliphatic rings. The summed E-state index contributed by atoms with van der Waals surface area (Å²) in [6.07, 6.45) is 0.237. The molecule has 6 heteroatoms. The number of hydrogen-bond donors (Lipinski definition) is 2. The number of fused-ring (bicyclic) bond motifs is 1. The largest absolute Gasteiger partial charge is 0.388 e. The molecule has 0 saturated heterocycles. The van der Waals surface area contributed by atoms with Crippen molar-refractivity contribution in [3.63, 3.8) is 0 Å². The van der Waals surface area contributed by atoms with Crippen LogP contribution in [0.25, 0.3) is 0 Å². The van der Waals surface area contributed by atoms with Crippen LogP contribution in [-0.4, -0.2) is 35.1 Å². The van der Waals surface area contributed by atoms with Gasteiger partial charge in [0, 0.05) is 11.6 Å². The molecule has 4 atom stereocenters. The van der Waals surface area contributed by atoms with E-state index in [1.54, 1.807) is 25.1 Å². The molecule has 0 amide bonds. The highest BCUT2D eigenvalue weighted by molar-refractivity contribution is 6.40. The van der Waals surface area contributed by atoms with Crippen molar-refractivity contribution in [2.45, 2.75) is 38.0 Å². The van der Waals surface area contributed by atoms with Gasteiger partial charge in [-0.1, -0.05) is 41.3 Å². The maximum absolute atomic E-state index is 10.6. The van der Waals surface area contributed by atoms with E-state index in [-0.39, 0.29) is 18.1 Å². The van der Waals surface area contributed by atoms with E-state index in [0.29, 0.717) is 22.0 Å². The van der Waals surface area contributed by atoms with Crippen molar-refractivity contribution < 1.29 is 9.94 Å². The number of halogens is 2. The summed E-state index contributed by atoms with van der Waals surface area (Å²) in [7, 11) is 0. The number of oxime groups is 1. The summed E-state index contributed by atoms with van der Waals surface area (Å²) in [4.78, 5) is 5.53. The van der Waals surface area contributed by atoms with Gasteiger partial charge in [-0.05, 0) is 32.0 Å². The van der Waals surface area contributed by atoms with E-state index in [4.69, 9.17) is 28.0 Å². The number of nitrogens with one attached hydrogen (secondary N) is 1. The molecule has 0 radical (unpaired) electrons. The van der Waals surface area contributed by atoms with Crippen molar-refractivity contribution in [1.29, 1.82) is 0 Å². The third-order valence-corrected chi connectivity index (χ3v) is 4.90. The second-order valence-corrected chi connectivity index (χ2v) is 6.66. The molecule has 1 heterocycles. The molecule has 1 aromatic carbocycles. The van der Waals surface area contributed by atoms with Crippen molar-refractivity contribution in [3.05, 3.63) is 33.8 Å². The Morgan fingerprint density at radius 1 is 1.43 bits per heavy atom. The summed E-state index contributed by atoms with van der Waals surface area (Å²) in [6, 6.07) is 5.46. The summed E-state index contributed by atoms with van der Waals surface area (Å²) in [5.74, 6) is -0.0580. The van der Waals surface area contributed by atoms with Crippen LogP contribution >= 0.6 is 23.2 Å². The lowest BCUT2D eigenvalue weighted by molar-refractivity contribution is -0.0737. The molecule has 114 valence electrons. The zero-order valence-electron chi connectivity index (χ0n) is 11.9. The molecule has 0 bridgehead atoms. The van der Waals surface area contributed by atoms with Crippen molar-refractivity contribution in [3.8, 4) is 0 Å². The van der Waals surface area contributed by atoms with Gasteiger partial charge >= 0.3 is 0 Å². The van der Waals surface area contributed by atoms with Crippen LogP contribution in [0.3, 0.4) is 0 Å². The fourth-order valence-corrected chi connectivity index (χ4v) is 3.98. The number of nitrogens with zero attached hydrogens (tertiary/aromatic N) is 1. The maximum Gasteiger partial charge on any atom is 0.165 e. The predicted molar refractivity (Wildman–Crippen MR) is 84.1 cm³/mol. The van der Waals surface area contributed by atoms with Crippen molar-refractivity contribution in [2.75, 3.05) is 6.54 Å². The first kappa shape index (κ1) is 15.1. The lowest BCUT2D eigenvalue weighted by Gasteiger charge is -2.22. The highest BCUT2D eigenvalue weighted by atomic mass is 35.5. The van der Waals surface area contributed by atoms with Crippen molar-refractivity contribution in [1.82, 2.24) is 5.32 Å². The zero-order valence-corrected chi connectivity index (χ0v) is 13.4. The Morgan fingerprint density at radius 2 is 2.10 bits per heavy atom. The summed E-state index contributed by atoms with van der Waals surface area (Å²) in [6.45, 7) is 4.64. The smallest absolute Gasteiger partial charge is 0.165 e. The number of hydrogen-bond acceptors (Lipinski definition) is 4. The average molecular weight is 329 g/mol. The Hall–Kier alpha value is -0.810. The van der Waals surface area contributed by atoms with Gasteiger partial charge in [-0.3, -0.25) is 0 Å². The van der Waals surface area contributed by atoms with Crippen molar-refractivity contribution in [2.24, 2.45) is 11.1 Å². The van der Waals surface area contributed by atoms with Gasteiger partial charge in [0.15, 0.2) is 6.10 Å². The maximum atomic E-state index is 10.6. The molecule has 1 aliphatic heterocycles. The minimum atomic E-state index is -0.920. The molecule has 1 aromatic rings. The average Bonchev–Trinajstić information content (AvgIpc) is 2.92.